The molecule has 0 N–H and O–H groups in total. The van der Waals surface area contributed by atoms with Crippen molar-refractivity contribution in [2.45, 2.75) is 38.0 Å². The number of hydrogen-bond acceptors (Lipinski definition) is 7. The first-order valence-corrected chi connectivity index (χ1v) is 14.6. The molecule has 3 heterocycles. The van der Waals surface area contributed by atoms with Crippen molar-refractivity contribution in [3.63, 3.8) is 0 Å². The van der Waals surface area contributed by atoms with Crippen molar-refractivity contribution < 1.29 is 28.5 Å². The van der Waals surface area contributed by atoms with Crippen LogP contribution in [-0.2, 0) is 11.3 Å². The van der Waals surface area contributed by atoms with Gasteiger partial charge in [-0.05, 0) is 68.1 Å². The molecule has 0 unspecified atom stereocenters. The van der Waals surface area contributed by atoms with Crippen LogP contribution in [0.3, 0.4) is 0 Å². The summed E-state index contributed by atoms with van der Waals surface area (Å²) < 4.78 is 29.5. The van der Waals surface area contributed by atoms with Crippen LogP contribution in [0.25, 0.3) is 0 Å². The van der Waals surface area contributed by atoms with Crippen molar-refractivity contribution in [2.24, 2.45) is 5.92 Å². The highest BCUT2D eigenvalue weighted by Gasteiger charge is 2.34. The number of cyclic esters (lactones) is 1. The Bertz CT molecular complexity index is 1270. The number of ether oxygens (including phenoxy) is 5. The van der Waals surface area contributed by atoms with E-state index in [0.29, 0.717) is 38.9 Å². The molecule has 2 saturated heterocycles. The van der Waals surface area contributed by atoms with Crippen LogP contribution in [0, 0.1) is 5.92 Å². The Morgan fingerprint density at radius 2 is 1.59 bits per heavy atom. The lowest BCUT2D eigenvalue weighted by Crippen LogP contribution is -2.44. The van der Waals surface area contributed by atoms with Crippen molar-refractivity contribution in [3.05, 3.63) is 84.4 Å². The van der Waals surface area contributed by atoms with Crippen molar-refractivity contribution in [2.75, 3.05) is 46.0 Å². The fourth-order valence-corrected chi connectivity index (χ4v) is 5.69. The first-order chi connectivity index (χ1) is 20.2. The number of carbonyl (C=O) groups is 1. The molecule has 0 aliphatic carbocycles. The second-order valence-electron chi connectivity index (χ2n) is 11.0. The summed E-state index contributed by atoms with van der Waals surface area (Å²) in [6.45, 7) is 5.48. The summed E-state index contributed by atoms with van der Waals surface area (Å²) in [4.78, 5) is 16.7. The summed E-state index contributed by atoms with van der Waals surface area (Å²) in [7, 11) is 0. The predicted molar refractivity (Wildman–Crippen MR) is 155 cm³/mol. The van der Waals surface area contributed by atoms with E-state index in [1.165, 1.54) is 0 Å². The minimum absolute atomic E-state index is 0.000111. The first-order valence-electron chi connectivity index (χ1n) is 14.6. The Morgan fingerprint density at radius 3 is 2.39 bits per heavy atom. The van der Waals surface area contributed by atoms with E-state index in [-0.39, 0.29) is 18.2 Å². The van der Waals surface area contributed by atoms with Crippen molar-refractivity contribution in [1.29, 1.82) is 0 Å². The number of likely N-dealkylation sites (tertiary alicyclic amines) is 1. The van der Waals surface area contributed by atoms with Gasteiger partial charge in [0.2, 0.25) is 0 Å². The Kier molecular flexibility index (Phi) is 8.76. The van der Waals surface area contributed by atoms with E-state index in [1.807, 2.05) is 83.8 Å². The molecule has 3 aromatic rings. The number of benzene rings is 3. The summed E-state index contributed by atoms with van der Waals surface area (Å²) in [5, 5.41) is 0. The van der Waals surface area contributed by atoms with Gasteiger partial charge < -0.3 is 23.7 Å². The molecule has 3 aliphatic rings. The number of hydrogen-bond donors (Lipinski definition) is 0. The van der Waals surface area contributed by atoms with E-state index in [2.05, 4.69) is 4.90 Å². The van der Waals surface area contributed by atoms with Crippen LogP contribution < -0.4 is 18.9 Å². The van der Waals surface area contributed by atoms with Crippen LogP contribution in [-0.4, -0.2) is 74.0 Å². The van der Waals surface area contributed by atoms with Crippen molar-refractivity contribution >= 4 is 6.09 Å². The molecule has 0 radical (unpaired) electrons. The maximum atomic E-state index is 12.3. The maximum Gasteiger partial charge on any atom is 0.410 e. The third-order valence-electron chi connectivity index (χ3n) is 8.09. The largest absolute Gasteiger partial charge is 0.491 e. The van der Waals surface area contributed by atoms with Gasteiger partial charge in [0, 0.05) is 19.2 Å². The quantitative estimate of drug-likeness (QED) is 0.312. The lowest BCUT2D eigenvalue weighted by Gasteiger charge is -2.36. The summed E-state index contributed by atoms with van der Waals surface area (Å²) in [6, 6.07) is 25.6. The molecule has 41 heavy (non-hydrogen) atoms. The minimum Gasteiger partial charge on any atom is -0.491 e. The zero-order valence-electron chi connectivity index (χ0n) is 23.4. The number of rotatable bonds is 11. The zero-order chi connectivity index (χ0) is 27.9. The molecule has 3 aliphatic heterocycles. The third-order valence-corrected chi connectivity index (χ3v) is 8.09. The monoisotopic (exact) mass is 558 g/mol. The minimum atomic E-state index is -0.228. The molecular weight excluding hydrogens is 520 g/mol. The van der Waals surface area contributed by atoms with Gasteiger partial charge in [0.1, 0.15) is 50.1 Å². The van der Waals surface area contributed by atoms with E-state index in [9.17, 15) is 4.79 Å². The fourth-order valence-electron chi connectivity index (χ4n) is 5.69. The molecule has 2 atom stereocenters. The average molecular weight is 559 g/mol. The van der Waals surface area contributed by atoms with E-state index < -0.39 is 0 Å². The fraction of sp³-hybridized carbons (Fsp3) is 0.424. The van der Waals surface area contributed by atoms with E-state index in [1.54, 1.807) is 0 Å². The lowest BCUT2D eigenvalue weighted by atomic mass is 9.93. The highest BCUT2D eigenvalue weighted by atomic mass is 16.6. The molecular formula is C33H38N2O6. The summed E-state index contributed by atoms with van der Waals surface area (Å²) in [5.74, 6) is 3.68. The smallest absolute Gasteiger partial charge is 0.410 e. The van der Waals surface area contributed by atoms with Crippen LogP contribution in [0.4, 0.5) is 4.79 Å². The SMILES string of the molecule is O=C1OC[C@@H](COc2ccccc2)N1CCC1CCN(C[C@H]2COc3cc(OCc4ccccc4)ccc3O2)CC1. The zero-order valence-corrected chi connectivity index (χ0v) is 23.4. The van der Waals surface area contributed by atoms with Gasteiger partial charge in [-0.15, -0.1) is 0 Å². The van der Waals surface area contributed by atoms with Crippen LogP contribution in [0.15, 0.2) is 78.9 Å². The van der Waals surface area contributed by atoms with Gasteiger partial charge in [-0.1, -0.05) is 48.5 Å². The highest BCUT2D eigenvalue weighted by molar-refractivity contribution is 5.70. The van der Waals surface area contributed by atoms with Gasteiger partial charge in [-0.3, -0.25) is 9.80 Å². The second kappa shape index (κ2) is 13.2. The molecule has 1 amide bonds. The van der Waals surface area contributed by atoms with Gasteiger partial charge in [0.25, 0.3) is 0 Å². The number of fused-ring (bicyclic) bond motifs is 1. The summed E-state index contributed by atoms with van der Waals surface area (Å²) >= 11 is 0. The molecule has 0 aromatic heterocycles. The lowest BCUT2D eigenvalue weighted by molar-refractivity contribution is 0.0462. The highest BCUT2D eigenvalue weighted by Crippen LogP contribution is 2.36. The third kappa shape index (κ3) is 7.24. The standard InChI is InChI=1S/C33H38N2O6/c36-33-35(27(23-40-33)22-38-28-9-5-2-6-10-28)18-15-25-13-16-34(17-14-25)20-30-24-39-32-19-29(11-12-31(32)41-30)37-21-26-7-3-1-4-8-26/h1-12,19,25,27,30H,13-18,20-24H2/t27-,30+/m1/s1. The van der Waals surface area contributed by atoms with Gasteiger partial charge in [0.15, 0.2) is 11.5 Å². The van der Waals surface area contributed by atoms with E-state index in [4.69, 9.17) is 23.7 Å². The molecule has 0 saturated carbocycles. The molecule has 216 valence electrons. The molecule has 3 aromatic carbocycles. The van der Waals surface area contributed by atoms with E-state index >= 15 is 0 Å². The Hall–Kier alpha value is -3.91. The number of nitrogens with zero attached hydrogens (tertiary/aromatic N) is 2. The Morgan fingerprint density at radius 1 is 0.805 bits per heavy atom. The van der Waals surface area contributed by atoms with Gasteiger partial charge in [0.05, 0.1) is 0 Å². The molecule has 6 rings (SSSR count). The molecule has 8 heteroatoms. The number of carbonyl (C=O) groups excluding carboxylic acids is 1. The summed E-state index contributed by atoms with van der Waals surface area (Å²) in [6.07, 6.45) is 2.98. The average Bonchev–Trinajstić information content (AvgIpc) is 3.38. The van der Waals surface area contributed by atoms with Crippen LogP contribution in [0.5, 0.6) is 23.0 Å². The number of amides is 1. The Labute approximate surface area is 241 Å². The predicted octanol–water partition coefficient (Wildman–Crippen LogP) is 5.41. The second-order valence-corrected chi connectivity index (χ2v) is 11.0. The summed E-state index contributed by atoms with van der Waals surface area (Å²) in [5.41, 5.74) is 1.13. The van der Waals surface area contributed by atoms with Crippen LogP contribution >= 0.6 is 0 Å². The molecule has 8 nitrogen and oxygen atoms in total. The number of piperidine rings is 1. The molecule has 0 spiro atoms. The first kappa shape index (κ1) is 27.3. The number of para-hydroxylation sites is 1. The maximum absolute atomic E-state index is 12.3. The Balaban J connectivity index is 0.912. The topological polar surface area (TPSA) is 69.7 Å². The van der Waals surface area contributed by atoms with E-state index in [0.717, 1.165) is 67.5 Å². The van der Waals surface area contributed by atoms with Crippen LogP contribution in [0.2, 0.25) is 0 Å². The molecule has 2 fully saturated rings. The van der Waals surface area contributed by atoms with Crippen molar-refractivity contribution in [3.8, 4) is 23.0 Å². The molecule has 0 bridgehead atoms. The normalized spacial score (nSPS) is 21.0. The van der Waals surface area contributed by atoms with Crippen molar-refractivity contribution in [1.82, 2.24) is 9.80 Å². The van der Waals surface area contributed by atoms with Crippen LogP contribution in [0.1, 0.15) is 24.8 Å². The van der Waals surface area contributed by atoms with Gasteiger partial charge in [-0.2, -0.15) is 0 Å². The van der Waals surface area contributed by atoms with Gasteiger partial charge in [-0.25, -0.2) is 4.79 Å². The van der Waals surface area contributed by atoms with Gasteiger partial charge >= 0.3 is 6.09 Å².